The van der Waals surface area contributed by atoms with E-state index in [1.807, 2.05) is 31.2 Å². The number of methoxy groups -OCH3 is 1. The number of ether oxygens (including phenoxy) is 1. The number of nitrogens with one attached hydrogen (secondary N) is 1. The van der Waals surface area contributed by atoms with E-state index in [0.29, 0.717) is 6.54 Å². The Bertz CT molecular complexity index is 389. The Morgan fingerprint density at radius 1 is 1.50 bits per heavy atom. The summed E-state index contributed by atoms with van der Waals surface area (Å²) in [6, 6.07) is 7.17. The molecule has 0 aliphatic rings. The number of esters is 1. The van der Waals surface area contributed by atoms with Crippen LogP contribution < -0.4 is 5.32 Å². The average molecular weight is 217 g/mol. The number of benzene rings is 1. The van der Waals surface area contributed by atoms with E-state index in [1.165, 1.54) is 7.11 Å². The predicted octanol–water partition coefficient (Wildman–Crippen LogP) is 1.43. The summed E-state index contributed by atoms with van der Waals surface area (Å²) in [6.45, 7) is 2.32. The molecule has 3 heteroatoms. The van der Waals surface area contributed by atoms with Crippen molar-refractivity contribution in [1.82, 2.24) is 5.32 Å². The second-order valence-electron chi connectivity index (χ2n) is 3.45. The van der Waals surface area contributed by atoms with Crippen LogP contribution in [-0.4, -0.2) is 19.6 Å². The largest absolute Gasteiger partial charge is 0.468 e. The lowest BCUT2D eigenvalue weighted by Crippen LogP contribution is -2.29. The maximum atomic E-state index is 11.5. The summed E-state index contributed by atoms with van der Waals surface area (Å²) in [5.74, 6) is 2.11. The third-order valence-corrected chi connectivity index (χ3v) is 2.26. The van der Waals surface area contributed by atoms with E-state index in [0.717, 1.165) is 11.1 Å². The van der Waals surface area contributed by atoms with Crippen molar-refractivity contribution in [2.75, 3.05) is 13.7 Å². The van der Waals surface area contributed by atoms with Crippen LogP contribution >= 0.6 is 0 Å². The molecule has 1 unspecified atom stereocenters. The second-order valence-corrected chi connectivity index (χ2v) is 3.45. The molecular formula is C13H15NO2. The number of terminal acetylenes is 1. The number of aryl methyl sites for hydroxylation is 1. The summed E-state index contributed by atoms with van der Waals surface area (Å²) in [6.07, 6.45) is 5.16. The third-order valence-electron chi connectivity index (χ3n) is 2.26. The van der Waals surface area contributed by atoms with Gasteiger partial charge in [-0.15, -0.1) is 6.42 Å². The van der Waals surface area contributed by atoms with E-state index in [-0.39, 0.29) is 5.97 Å². The van der Waals surface area contributed by atoms with Gasteiger partial charge in [0.1, 0.15) is 6.04 Å². The smallest absolute Gasteiger partial charge is 0.327 e. The predicted molar refractivity (Wildman–Crippen MR) is 62.8 cm³/mol. The van der Waals surface area contributed by atoms with Crippen LogP contribution in [0.15, 0.2) is 24.3 Å². The van der Waals surface area contributed by atoms with E-state index in [4.69, 9.17) is 11.2 Å². The van der Waals surface area contributed by atoms with Crippen molar-refractivity contribution in [3.63, 3.8) is 0 Å². The van der Waals surface area contributed by atoms with Crippen molar-refractivity contribution >= 4 is 5.97 Å². The fourth-order valence-corrected chi connectivity index (χ4v) is 1.38. The van der Waals surface area contributed by atoms with Crippen molar-refractivity contribution in [2.45, 2.75) is 13.0 Å². The normalized spacial score (nSPS) is 11.6. The van der Waals surface area contributed by atoms with Crippen LogP contribution in [0.2, 0.25) is 0 Å². The Kier molecular flexibility index (Phi) is 4.56. The van der Waals surface area contributed by atoms with E-state index in [9.17, 15) is 4.79 Å². The van der Waals surface area contributed by atoms with Gasteiger partial charge in [0.2, 0.25) is 0 Å². The maximum absolute atomic E-state index is 11.5. The molecule has 1 N–H and O–H groups in total. The number of rotatable bonds is 4. The minimum absolute atomic E-state index is 0.327. The van der Waals surface area contributed by atoms with E-state index in [2.05, 4.69) is 11.2 Å². The first kappa shape index (κ1) is 12.3. The number of carbonyl (C=O) groups excluding carboxylic acids is 1. The molecular weight excluding hydrogens is 202 g/mol. The zero-order valence-corrected chi connectivity index (χ0v) is 9.49. The van der Waals surface area contributed by atoms with Crippen LogP contribution in [-0.2, 0) is 9.53 Å². The quantitative estimate of drug-likeness (QED) is 0.612. The molecule has 1 atom stereocenters. The van der Waals surface area contributed by atoms with Gasteiger partial charge in [-0.2, -0.15) is 0 Å². The average Bonchev–Trinajstić information content (AvgIpc) is 2.31. The van der Waals surface area contributed by atoms with Gasteiger partial charge in [-0.25, -0.2) is 4.79 Å². The van der Waals surface area contributed by atoms with Crippen molar-refractivity contribution in [3.05, 3.63) is 35.4 Å². The van der Waals surface area contributed by atoms with Crippen molar-refractivity contribution in [3.8, 4) is 12.3 Å². The van der Waals surface area contributed by atoms with Crippen molar-refractivity contribution < 1.29 is 9.53 Å². The zero-order valence-electron chi connectivity index (χ0n) is 9.49. The van der Waals surface area contributed by atoms with Gasteiger partial charge in [0, 0.05) is 0 Å². The van der Waals surface area contributed by atoms with Crippen LogP contribution in [0.1, 0.15) is 17.2 Å². The van der Waals surface area contributed by atoms with Crippen molar-refractivity contribution in [2.24, 2.45) is 0 Å². The van der Waals surface area contributed by atoms with Crippen molar-refractivity contribution in [1.29, 1.82) is 0 Å². The fraction of sp³-hybridized carbons (Fsp3) is 0.308. The van der Waals surface area contributed by atoms with Crippen LogP contribution in [0.4, 0.5) is 0 Å². The Morgan fingerprint density at radius 3 is 2.62 bits per heavy atom. The van der Waals surface area contributed by atoms with Crippen LogP contribution in [0.5, 0.6) is 0 Å². The molecule has 0 heterocycles. The molecule has 0 fully saturated rings. The molecule has 0 amide bonds. The summed E-state index contributed by atoms with van der Waals surface area (Å²) in [4.78, 5) is 11.5. The van der Waals surface area contributed by atoms with Gasteiger partial charge in [-0.3, -0.25) is 5.32 Å². The Labute approximate surface area is 95.8 Å². The number of carbonyl (C=O) groups is 1. The highest BCUT2D eigenvalue weighted by atomic mass is 16.5. The summed E-state index contributed by atoms with van der Waals surface area (Å²) in [5, 5.41) is 2.95. The Hall–Kier alpha value is -1.79. The Balaban J connectivity index is 2.88. The highest BCUT2D eigenvalue weighted by molar-refractivity contribution is 5.77. The van der Waals surface area contributed by atoms with Gasteiger partial charge < -0.3 is 4.74 Å². The van der Waals surface area contributed by atoms with Gasteiger partial charge in [-0.1, -0.05) is 35.7 Å². The molecule has 84 valence electrons. The van der Waals surface area contributed by atoms with Crippen LogP contribution in [0.3, 0.4) is 0 Å². The molecule has 1 rings (SSSR count). The number of hydrogen-bond donors (Lipinski definition) is 1. The lowest BCUT2D eigenvalue weighted by Gasteiger charge is -2.15. The monoisotopic (exact) mass is 217 g/mol. The standard InChI is InChI=1S/C13H15NO2/c1-4-9-14-12(13(15)16-3)11-7-5-10(2)6-8-11/h1,5-8,12,14H,9H2,2-3H3. The van der Waals surface area contributed by atoms with Crippen LogP contribution in [0, 0.1) is 19.3 Å². The van der Waals surface area contributed by atoms with E-state index in [1.54, 1.807) is 0 Å². The minimum atomic E-state index is -0.498. The molecule has 0 saturated carbocycles. The summed E-state index contributed by atoms with van der Waals surface area (Å²) >= 11 is 0. The molecule has 1 aromatic carbocycles. The van der Waals surface area contributed by atoms with Gasteiger partial charge in [0.15, 0.2) is 0 Å². The molecule has 0 aliphatic heterocycles. The molecule has 16 heavy (non-hydrogen) atoms. The van der Waals surface area contributed by atoms with Gasteiger partial charge in [0.05, 0.1) is 13.7 Å². The highest BCUT2D eigenvalue weighted by Gasteiger charge is 2.19. The van der Waals surface area contributed by atoms with Gasteiger partial charge in [-0.05, 0) is 12.5 Å². The van der Waals surface area contributed by atoms with E-state index >= 15 is 0 Å². The molecule has 0 aromatic heterocycles. The molecule has 0 radical (unpaired) electrons. The summed E-state index contributed by atoms with van der Waals surface area (Å²) in [5.41, 5.74) is 2.00. The third kappa shape index (κ3) is 3.11. The maximum Gasteiger partial charge on any atom is 0.327 e. The minimum Gasteiger partial charge on any atom is -0.468 e. The molecule has 0 bridgehead atoms. The first-order chi connectivity index (χ1) is 7.69. The lowest BCUT2D eigenvalue weighted by atomic mass is 10.1. The highest BCUT2D eigenvalue weighted by Crippen LogP contribution is 2.15. The topological polar surface area (TPSA) is 38.3 Å². The van der Waals surface area contributed by atoms with E-state index < -0.39 is 6.04 Å². The number of hydrogen-bond acceptors (Lipinski definition) is 3. The first-order valence-corrected chi connectivity index (χ1v) is 5.00. The summed E-state index contributed by atoms with van der Waals surface area (Å²) in [7, 11) is 1.36. The molecule has 0 aliphatic carbocycles. The van der Waals surface area contributed by atoms with Crippen LogP contribution in [0.25, 0.3) is 0 Å². The second kappa shape index (κ2) is 5.94. The lowest BCUT2D eigenvalue weighted by molar-refractivity contribution is -0.143. The first-order valence-electron chi connectivity index (χ1n) is 5.00. The molecule has 1 aromatic rings. The fourth-order valence-electron chi connectivity index (χ4n) is 1.38. The molecule has 0 spiro atoms. The summed E-state index contributed by atoms with van der Waals surface area (Å²) < 4.78 is 4.72. The zero-order chi connectivity index (χ0) is 12.0. The Morgan fingerprint density at radius 2 is 2.12 bits per heavy atom. The molecule has 0 saturated heterocycles. The van der Waals surface area contributed by atoms with Gasteiger partial charge in [0.25, 0.3) is 0 Å². The van der Waals surface area contributed by atoms with Gasteiger partial charge >= 0.3 is 5.97 Å². The molecule has 3 nitrogen and oxygen atoms in total. The SMILES string of the molecule is C#CCNC(C(=O)OC)c1ccc(C)cc1.